The Kier molecular flexibility index (Phi) is 4.32. The summed E-state index contributed by atoms with van der Waals surface area (Å²) in [5.41, 5.74) is 0. The number of nitrogens with zero attached hydrogens (tertiary/aromatic N) is 2. The van der Waals surface area contributed by atoms with Gasteiger partial charge in [-0.25, -0.2) is 8.42 Å². The monoisotopic (exact) mass is 248 g/mol. The molecular formula is C10H20N2O3S. The van der Waals surface area contributed by atoms with E-state index in [0.29, 0.717) is 19.4 Å². The molecule has 0 spiro atoms. The first-order chi connectivity index (χ1) is 7.32. The minimum Gasteiger partial charge on any atom is -0.349 e. The Morgan fingerprint density at radius 3 is 2.38 bits per heavy atom. The van der Waals surface area contributed by atoms with Crippen molar-refractivity contribution in [2.24, 2.45) is 0 Å². The van der Waals surface area contributed by atoms with Gasteiger partial charge in [0.15, 0.2) is 9.84 Å². The Balaban J connectivity index is 2.37. The number of rotatable bonds is 4. The van der Waals surface area contributed by atoms with Gasteiger partial charge in [-0.15, -0.1) is 0 Å². The van der Waals surface area contributed by atoms with Crippen molar-refractivity contribution in [1.82, 2.24) is 9.80 Å². The molecule has 1 amide bonds. The van der Waals surface area contributed by atoms with E-state index >= 15 is 0 Å². The fourth-order valence-corrected chi connectivity index (χ4v) is 3.61. The molecule has 5 nitrogen and oxygen atoms in total. The third-order valence-electron chi connectivity index (χ3n) is 3.01. The second-order valence-corrected chi connectivity index (χ2v) is 6.80. The summed E-state index contributed by atoms with van der Waals surface area (Å²) in [5, 5.41) is 0. The maximum absolute atomic E-state index is 11.4. The van der Waals surface area contributed by atoms with Crippen molar-refractivity contribution in [3.8, 4) is 0 Å². The van der Waals surface area contributed by atoms with Crippen LogP contribution in [0.2, 0.25) is 0 Å². The first-order valence-corrected chi connectivity index (χ1v) is 7.25. The van der Waals surface area contributed by atoms with Gasteiger partial charge in [-0.2, -0.15) is 0 Å². The molecule has 1 unspecified atom stereocenters. The Hall–Kier alpha value is -0.620. The first kappa shape index (κ1) is 13.4. The van der Waals surface area contributed by atoms with E-state index < -0.39 is 9.84 Å². The number of hydrogen-bond donors (Lipinski definition) is 0. The molecule has 1 aliphatic heterocycles. The normalized spacial score (nSPS) is 23.6. The second kappa shape index (κ2) is 5.14. The molecular weight excluding hydrogens is 228 g/mol. The lowest BCUT2D eigenvalue weighted by Gasteiger charge is -2.23. The van der Waals surface area contributed by atoms with Crippen LogP contribution in [0.3, 0.4) is 0 Å². The molecule has 0 aromatic rings. The van der Waals surface area contributed by atoms with Crippen molar-refractivity contribution < 1.29 is 13.2 Å². The molecule has 1 saturated heterocycles. The van der Waals surface area contributed by atoms with Gasteiger partial charge in [0.1, 0.15) is 0 Å². The van der Waals surface area contributed by atoms with Crippen LogP contribution < -0.4 is 0 Å². The van der Waals surface area contributed by atoms with Gasteiger partial charge in [-0.05, 0) is 13.5 Å². The van der Waals surface area contributed by atoms with E-state index in [1.165, 1.54) is 0 Å². The lowest BCUT2D eigenvalue weighted by Crippen LogP contribution is -2.35. The maximum atomic E-state index is 11.4. The molecule has 6 heteroatoms. The number of hydrogen-bond acceptors (Lipinski definition) is 4. The highest BCUT2D eigenvalue weighted by Crippen LogP contribution is 2.16. The molecule has 0 radical (unpaired) electrons. The van der Waals surface area contributed by atoms with Crippen LogP contribution in [0.1, 0.15) is 12.8 Å². The van der Waals surface area contributed by atoms with Crippen molar-refractivity contribution in [3.05, 3.63) is 0 Å². The predicted octanol–water partition coefficient (Wildman–Crippen LogP) is -0.416. The third-order valence-corrected chi connectivity index (χ3v) is 4.76. The van der Waals surface area contributed by atoms with Crippen LogP contribution in [-0.2, 0) is 14.6 Å². The quantitative estimate of drug-likeness (QED) is 0.678. The minimum absolute atomic E-state index is 0.0766. The summed E-state index contributed by atoms with van der Waals surface area (Å²) in [6.45, 7) is 0.622. The van der Waals surface area contributed by atoms with Crippen molar-refractivity contribution in [2.45, 2.75) is 18.9 Å². The number of amides is 1. The number of carbonyl (C=O) groups is 1. The van der Waals surface area contributed by atoms with Gasteiger partial charge in [0, 0.05) is 33.1 Å². The van der Waals surface area contributed by atoms with Crippen LogP contribution in [0.15, 0.2) is 0 Å². The van der Waals surface area contributed by atoms with E-state index in [9.17, 15) is 13.2 Å². The molecule has 1 heterocycles. The van der Waals surface area contributed by atoms with E-state index in [1.54, 1.807) is 19.0 Å². The summed E-state index contributed by atoms with van der Waals surface area (Å²) >= 11 is 0. The molecule has 0 bridgehead atoms. The first-order valence-electron chi connectivity index (χ1n) is 5.42. The van der Waals surface area contributed by atoms with Crippen molar-refractivity contribution in [2.75, 3.05) is 39.2 Å². The van der Waals surface area contributed by atoms with Gasteiger partial charge in [0.05, 0.1) is 11.5 Å². The molecule has 1 fully saturated rings. The molecule has 0 aromatic heterocycles. The molecule has 94 valence electrons. The summed E-state index contributed by atoms with van der Waals surface area (Å²) in [6.07, 6.45) is 1.13. The van der Waals surface area contributed by atoms with Crippen LogP contribution in [-0.4, -0.2) is 69.4 Å². The van der Waals surface area contributed by atoms with Crippen LogP contribution in [0.25, 0.3) is 0 Å². The summed E-state index contributed by atoms with van der Waals surface area (Å²) in [6, 6.07) is 0.0833. The molecule has 0 N–H and O–H groups in total. The maximum Gasteiger partial charge on any atom is 0.223 e. The predicted molar refractivity (Wildman–Crippen MR) is 63.0 cm³/mol. The van der Waals surface area contributed by atoms with Crippen LogP contribution in [0.5, 0.6) is 0 Å². The van der Waals surface area contributed by atoms with E-state index in [4.69, 9.17) is 0 Å². The minimum atomic E-state index is -2.83. The Bertz CT molecular complexity index is 351. The Morgan fingerprint density at radius 1 is 1.31 bits per heavy atom. The second-order valence-electron chi connectivity index (χ2n) is 4.58. The topological polar surface area (TPSA) is 57.7 Å². The van der Waals surface area contributed by atoms with Gasteiger partial charge in [0.25, 0.3) is 0 Å². The molecule has 0 aromatic carbocycles. The fraction of sp³-hybridized carbons (Fsp3) is 0.900. The van der Waals surface area contributed by atoms with Gasteiger partial charge < -0.3 is 9.80 Å². The fourth-order valence-electron chi connectivity index (χ4n) is 1.80. The lowest BCUT2D eigenvalue weighted by atomic mass is 10.2. The zero-order chi connectivity index (χ0) is 12.3. The van der Waals surface area contributed by atoms with Crippen LogP contribution >= 0.6 is 0 Å². The summed E-state index contributed by atoms with van der Waals surface area (Å²) in [4.78, 5) is 14.9. The van der Waals surface area contributed by atoms with Crippen molar-refractivity contribution in [3.63, 3.8) is 0 Å². The average Bonchev–Trinajstić information content (AvgIpc) is 2.54. The van der Waals surface area contributed by atoms with Gasteiger partial charge >= 0.3 is 0 Å². The third kappa shape index (κ3) is 3.75. The molecule has 1 aliphatic rings. The molecule has 0 saturated carbocycles. The summed E-state index contributed by atoms with van der Waals surface area (Å²) < 4.78 is 22.6. The highest BCUT2D eigenvalue weighted by Gasteiger charge is 2.30. The van der Waals surface area contributed by atoms with Gasteiger partial charge in [-0.1, -0.05) is 0 Å². The average molecular weight is 248 g/mol. The highest BCUT2D eigenvalue weighted by molar-refractivity contribution is 7.91. The Labute approximate surface area is 97.3 Å². The molecule has 0 aliphatic carbocycles. The zero-order valence-corrected chi connectivity index (χ0v) is 11.0. The smallest absolute Gasteiger partial charge is 0.223 e. The van der Waals surface area contributed by atoms with Crippen molar-refractivity contribution in [1.29, 1.82) is 0 Å². The molecule has 16 heavy (non-hydrogen) atoms. The van der Waals surface area contributed by atoms with E-state index in [-0.39, 0.29) is 23.5 Å². The highest BCUT2D eigenvalue weighted by atomic mass is 32.2. The Morgan fingerprint density at radius 2 is 1.94 bits per heavy atom. The van der Waals surface area contributed by atoms with E-state index in [0.717, 1.165) is 0 Å². The number of carbonyl (C=O) groups excluding carboxylic acids is 1. The standard InChI is InChI=1S/C10H20N2O3S/c1-11(2)10(13)4-6-12(3)9-5-7-16(14,15)8-9/h9H,4-8H2,1-3H3. The van der Waals surface area contributed by atoms with E-state index in [1.807, 2.05) is 11.9 Å². The molecule has 1 rings (SSSR count). The van der Waals surface area contributed by atoms with Gasteiger partial charge in [-0.3, -0.25) is 4.79 Å². The van der Waals surface area contributed by atoms with E-state index in [2.05, 4.69) is 0 Å². The summed E-state index contributed by atoms with van der Waals surface area (Å²) in [5.74, 6) is 0.594. The zero-order valence-electron chi connectivity index (χ0n) is 10.1. The van der Waals surface area contributed by atoms with Gasteiger partial charge in [0.2, 0.25) is 5.91 Å². The SMILES string of the molecule is CN(C)C(=O)CCN(C)C1CCS(=O)(=O)C1. The molecule has 1 atom stereocenters. The van der Waals surface area contributed by atoms with Crippen molar-refractivity contribution >= 4 is 15.7 Å². The van der Waals surface area contributed by atoms with Crippen LogP contribution in [0.4, 0.5) is 0 Å². The van der Waals surface area contributed by atoms with Crippen LogP contribution in [0, 0.1) is 0 Å². The number of sulfone groups is 1. The summed E-state index contributed by atoms with van der Waals surface area (Å²) in [7, 11) is 2.50. The lowest BCUT2D eigenvalue weighted by molar-refractivity contribution is -0.129. The largest absolute Gasteiger partial charge is 0.349 e.